The number of nitrogens with zero attached hydrogens (tertiary/aromatic N) is 1. The summed E-state index contributed by atoms with van der Waals surface area (Å²) in [6.45, 7) is 0. The molecule has 0 bridgehead atoms. The second-order valence-corrected chi connectivity index (χ2v) is 10.4. The van der Waals surface area contributed by atoms with Crippen LogP contribution in [0.15, 0.2) is 140 Å². The number of hydrogen-bond donors (Lipinski definition) is 0. The number of hydrogen-bond acceptors (Lipinski definition) is 1. The van der Waals surface area contributed by atoms with Gasteiger partial charge in [0.05, 0.1) is 17.0 Å². The zero-order chi connectivity index (χ0) is 26.0. The molecule has 2 aliphatic carbocycles. The first-order valence-corrected chi connectivity index (χ1v) is 13.3. The molecule has 39 heavy (non-hydrogen) atoms. The molecule has 1 heteroatoms. The summed E-state index contributed by atoms with van der Waals surface area (Å²) >= 11 is 0. The monoisotopic (exact) mass is 493 g/mol. The lowest BCUT2D eigenvalue weighted by molar-refractivity contribution is 0.794. The van der Waals surface area contributed by atoms with Gasteiger partial charge in [0.1, 0.15) is 0 Å². The fourth-order valence-corrected chi connectivity index (χ4v) is 6.98. The van der Waals surface area contributed by atoms with Crippen LogP contribution in [-0.4, -0.2) is 0 Å². The van der Waals surface area contributed by atoms with E-state index in [0.717, 1.165) is 16.7 Å². The van der Waals surface area contributed by atoms with Crippen molar-refractivity contribution in [3.8, 4) is 50.6 Å². The summed E-state index contributed by atoms with van der Waals surface area (Å²) in [4.78, 5) is 0. The van der Waals surface area contributed by atoms with E-state index in [-0.39, 0.29) is 5.41 Å². The highest BCUT2D eigenvalue weighted by Crippen LogP contribution is 2.62. The minimum atomic E-state index is -0.314. The molecule has 0 unspecified atom stereocenters. The van der Waals surface area contributed by atoms with Crippen LogP contribution in [0, 0.1) is 11.3 Å². The van der Waals surface area contributed by atoms with Crippen molar-refractivity contribution in [3.05, 3.63) is 167 Å². The van der Waals surface area contributed by atoms with Crippen LogP contribution >= 0.6 is 0 Å². The van der Waals surface area contributed by atoms with Gasteiger partial charge in [-0.25, -0.2) is 0 Å². The van der Waals surface area contributed by atoms with Crippen molar-refractivity contribution in [2.24, 2.45) is 0 Å². The first-order chi connectivity index (χ1) is 19.3. The van der Waals surface area contributed by atoms with Crippen molar-refractivity contribution in [1.82, 2.24) is 0 Å². The van der Waals surface area contributed by atoms with Gasteiger partial charge in [-0.15, -0.1) is 0 Å². The second kappa shape index (κ2) is 8.15. The molecule has 0 aromatic heterocycles. The third-order valence-corrected chi connectivity index (χ3v) is 8.55. The molecule has 0 aliphatic heterocycles. The maximum atomic E-state index is 9.66. The van der Waals surface area contributed by atoms with Crippen LogP contribution in [0.1, 0.15) is 27.8 Å². The maximum Gasteiger partial charge on any atom is 0.0998 e. The molecule has 0 heterocycles. The molecule has 1 spiro atoms. The molecule has 8 rings (SSSR count). The minimum absolute atomic E-state index is 0.314. The van der Waals surface area contributed by atoms with Crippen LogP contribution in [0.2, 0.25) is 0 Å². The average Bonchev–Trinajstić information content (AvgIpc) is 3.48. The summed E-state index contributed by atoms with van der Waals surface area (Å²) in [5, 5.41) is 9.66. The van der Waals surface area contributed by atoms with E-state index in [9.17, 15) is 5.26 Å². The van der Waals surface area contributed by atoms with E-state index < -0.39 is 0 Å². The Balaban J connectivity index is 1.36. The molecular formula is C38H23N. The van der Waals surface area contributed by atoms with Crippen molar-refractivity contribution in [2.45, 2.75) is 5.41 Å². The van der Waals surface area contributed by atoms with E-state index in [4.69, 9.17) is 0 Å². The quantitative estimate of drug-likeness (QED) is 0.235. The van der Waals surface area contributed by atoms with E-state index in [0.29, 0.717) is 5.56 Å². The Kier molecular flexibility index (Phi) is 4.57. The zero-order valence-electron chi connectivity index (χ0n) is 21.2. The van der Waals surface area contributed by atoms with Gasteiger partial charge in [0.15, 0.2) is 0 Å². The Bertz CT molecular complexity index is 1940. The molecule has 6 aromatic carbocycles. The van der Waals surface area contributed by atoms with Crippen molar-refractivity contribution in [3.63, 3.8) is 0 Å². The lowest BCUT2D eigenvalue weighted by Gasteiger charge is -2.30. The van der Waals surface area contributed by atoms with Crippen molar-refractivity contribution in [2.75, 3.05) is 0 Å². The smallest absolute Gasteiger partial charge is 0.0998 e. The van der Waals surface area contributed by atoms with Gasteiger partial charge in [0.25, 0.3) is 0 Å². The normalized spacial score (nSPS) is 13.3. The molecule has 0 amide bonds. The predicted molar refractivity (Wildman–Crippen MR) is 158 cm³/mol. The van der Waals surface area contributed by atoms with Gasteiger partial charge in [0.2, 0.25) is 0 Å². The van der Waals surface area contributed by atoms with Crippen molar-refractivity contribution >= 4 is 0 Å². The Labute approximate surface area is 228 Å². The largest absolute Gasteiger partial charge is 0.192 e. The third kappa shape index (κ3) is 2.89. The molecule has 2 aliphatic rings. The number of rotatable bonds is 2. The van der Waals surface area contributed by atoms with E-state index in [1.807, 2.05) is 24.3 Å². The Morgan fingerprint density at radius 1 is 0.385 bits per heavy atom. The molecule has 0 saturated heterocycles. The molecule has 0 fully saturated rings. The minimum Gasteiger partial charge on any atom is -0.192 e. The first kappa shape index (κ1) is 21.9. The zero-order valence-corrected chi connectivity index (χ0v) is 21.2. The summed E-state index contributed by atoms with van der Waals surface area (Å²) < 4.78 is 0. The molecule has 180 valence electrons. The lowest BCUT2D eigenvalue weighted by Crippen LogP contribution is -2.25. The van der Waals surface area contributed by atoms with E-state index in [2.05, 4.69) is 121 Å². The highest BCUT2D eigenvalue weighted by atomic mass is 14.5. The lowest BCUT2D eigenvalue weighted by atomic mass is 9.70. The predicted octanol–water partition coefficient (Wildman–Crippen LogP) is 9.24. The summed E-state index contributed by atoms with van der Waals surface area (Å²) in [7, 11) is 0. The summed E-state index contributed by atoms with van der Waals surface area (Å²) in [6.07, 6.45) is 0. The van der Waals surface area contributed by atoms with Crippen LogP contribution in [-0.2, 0) is 5.41 Å². The van der Waals surface area contributed by atoms with Gasteiger partial charge in [-0.05, 0) is 85.0 Å². The van der Waals surface area contributed by atoms with Crippen molar-refractivity contribution in [1.29, 1.82) is 5.26 Å². The Morgan fingerprint density at radius 3 is 1.51 bits per heavy atom. The summed E-state index contributed by atoms with van der Waals surface area (Å²) in [6, 6.07) is 52.4. The Hall–Kier alpha value is -5.19. The van der Waals surface area contributed by atoms with Crippen LogP contribution in [0.3, 0.4) is 0 Å². The molecular weight excluding hydrogens is 470 g/mol. The van der Waals surface area contributed by atoms with E-state index >= 15 is 0 Å². The summed E-state index contributed by atoms with van der Waals surface area (Å²) in [5.74, 6) is 0. The highest BCUT2D eigenvalue weighted by molar-refractivity contribution is 5.96. The van der Waals surface area contributed by atoms with Gasteiger partial charge >= 0.3 is 0 Å². The van der Waals surface area contributed by atoms with Crippen LogP contribution < -0.4 is 0 Å². The molecule has 1 nitrogen and oxygen atoms in total. The number of fused-ring (bicyclic) bond motifs is 10. The number of nitriles is 1. The summed E-state index contributed by atoms with van der Waals surface area (Å²) in [5.41, 5.74) is 15.4. The molecule has 0 atom stereocenters. The van der Waals surface area contributed by atoms with E-state index in [1.54, 1.807) is 0 Å². The van der Waals surface area contributed by atoms with Gasteiger partial charge in [-0.2, -0.15) is 5.26 Å². The fraction of sp³-hybridized carbons (Fsp3) is 0.0263. The van der Waals surface area contributed by atoms with Gasteiger partial charge in [-0.3, -0.25) is 0 Å². The molecule has 0 N–H and O–H groups in total. The van der Waals surface area contributed by atoms with Crippen LogP contribution in [0.5, 0.6) is 0 Å². The standard InChI is InChI=1S/C38H23N/c39-24-28-10-1-2-13-29(28)27-12-9-11-25(22-27)26-20-21-37-33(23-26)32-16-5-8-19-36(32)38(37)34-17-6-3-14-30(34)31-15-4-7-18-35(31)38/h1-23H. The number of benzene rings is 6. The second-order valence-electron chi connectivity index (χ2n) is 10.4. The fourth-order valence-electron chi connectivity index (χ4n) is 6.98. The van der Waals surface area contributed by atoms with Gasteiger partial charge < -0.3 is 0 Å². The topological polar surface area (TPSA) is 23.8 Å². The van der Waals surface area contributed by atoms with Gasteiger partial charge in [0, 0.05) is 0 Å². The van der Waals surface area contributed by atoms with Crippen LogP contribution in [0.25, 0.3) is 44.5 Å². The highest BCUT2D eigenvalue weighted by Gasteiger charge is 2.51. The van der Waals surface area contributed by atoms with Crippen molar-refractivity contribution < 1.29 is 0 Å². The Morgan fingerprint density at radius 2 is 0.872 bits per heavy atom. The first-order valence-electron chi connectivity index (χ1n) is 13.3. The maximum absolute atomic E-state index is 9.66. The average molecular weight is 494 g/mol. The SMILES string of the molecule is N#Cc1ccccc1-c1cccc(-c2ccc3c(c2)-c2ccccc2C32c3ccccc3-c3ccccc32)c1. The van der Waals surface area contributed by atoms with E-state index in [1.165, 1.54) is 50.1 Å². The van der Waals surface area contributed by atoms with Crippen LogP contribution in [0.4, 0.5) is 0 Å². The molecule has 6 aromatic rings. The molecule has 0 radical (unpaired) electrons. The third-order valence-electron chi connectivity index (χ3n) is 8.55. The molecule has 0 saturated carbocycles. The van der Waals surface area contributed by atoms with Gasteiger partial charge in [-0.1, -0.05) is 121 Å².